The zero-order valence-corrected chi connectivity index (χ0v) is 16.0. The molecule has 0 amide bonds. The molecule has 2 aromatic heterocycles. The first kappa shape index (κ1) is 19.1. The third-order valence-corrected chi connectivity index (χ3v) is 5.20. The fraction of sp³-hybridized carbons (Fsp3) is 0.263. The smallest absolute Gasteiger partial charge is 0.270 e. The van der Waals surface area contributed by atoms with Crippen LogP contribution >= 0.6 is 11.8 Å². The molecule has 7 nitrogen and oxygen atoms in total. The number of aromatic nitrogens is 3. The Kier molecular flexibility index (Phi) is 5.88. The molecular weight excluding hydrogens is 362 g/mol. The molecule has 2 heterocycles. The maximum atomic E-state index is 11.1. The van der Waals surface area contributed by atoms with Crippen molar-refractivity contribution in [1.29, 1.82) is 0 Å². The van der Waals surface area contributed by atoms with Crippen LogP contribution in [0.25, 0.3) is 0 Å². The summed E-state index contributed by atoms with van der Waals surface area (Å²) in [7, 11) is 0. The molecule has 0 spiro atoms. The Labute approximate surface area is 161 Å². The van der Waals surface area contributed by atoms with Crippen LogP contribution in [0.15, 0.2) is 58.7 Å². The van der Waals surface area contributed by atoms with Crippen molar-refractivity contribution in [3.8, 4) is 0 Å². The van der Waals surface area contributed by atoms with Crippen molar-refractivity contribution >= 4 is 17.4 Å². The van der Waals surface area contributed by atoms with Gasteiger partial charge in [0, 0.05) is 36.0 Å². The van der Waals surface area contributed by atoms with Crippen LogP contribution in [0.5, 0.6) is 0 Å². The average Bonchev–Trinajstić information content (AvgIpc) is 3.00. The fourth-order valence-electron chi connectivity index (χ4n) is 2.75. The highest BCUT2D eigenvalue weighted by Gasteiger charge is 2.20. The van der Waals surface area contributed by atoms with E-state index in [1.54, 1.807) is 24.5 Å². The van der Waals surface area contributed by atoms with Crippen molar-refractivity contribution in [3.05, 3.63) is 76.0 Å². The van der Waals surface area contributed by atoms with Crippen LogP contribution in [0.1, 0.15) is 36.8 Å². The van der Waals surface area contributed by atoms with Gasteiger partial charge in [-0.15, -0.1) is 0 Å². The first-order chi connectivity index (χ1) is 13.0. The summed E-state index contributed by atoms with van der Waals surface area (Å²) in [4.78, 5) is 20.3. The average molecular weight is 383 g/mol. The Morgan fingerprint density at radius 3 is 2.63 bits per heavy atom. The number of nitro groups is 1. The van der Waals surface area contributed by atoms with Crippen LogP contribution in [-0.4, -0.2) is 19.5 Å². The lowest BCUT2D eigenvalue weighted by molar-refractivity contribution is -0.385. The molecule has 3 rings (SSSR count). The minimum atomic E-state index is -0.382. The molecule has 1 aromatic carbocycles. The summed E-state index contributed by atoms with van der Waals surface area (Å²) in [5.74, 6) is 0.999. The van der Waals surface area contributed by atoms with Gasteiger partial charge in [-0.05, 0) is 29.7 Å². The number of nitrogens with two attached hydrogens (primary N) is 1. The molecule has 0 bridgehead atoms. The Morgan fingerprint density at radius 1 is 1.26 bits per heavy atom. The van der Waals surface area contributed by atoms with E-state index in [9.17, 15) is 10.1 Å². The summed E-state index contributed by atoms with van der Waals surface area (Å²) in [6.07, 6.45) is 3.51. The van der Waals surface area contributed by atoms with Gasteiger partial charge in [0.2, 0.25) is 0 Å². The summed E-state index contributed by atoms with van der Waals surface area (Å²) in [6, 6.07) is 10.6. The number of rotatable bonds is 7. The van der Waals surface area contributed by atoms with Gasteiger partial charge in [-0.25, -0.2) is 4.98 Å². The summed E-state index contributed by atoms with van der Waals surface area (Å²) in [5, 5.41) is 12.1. The highest BCUT2D eigenvalue weighted by atomic mass is 32.2. The van der Waals surface area contributed by atoms with Crippen molar-refractivity contribution in [2.24, 2.45) is 5.73 Å². The van der Waals surface area contributed by atoms with Gasteiger partial charge in [-0.3, -0.25) is 15.1 Å². The maximum absolute atomic E-state index is 11.1. The second-order valence-electron chi connectivity index (χ2n) is 6.38. The zero-order chi connectivity index (χ0) is 19.4. The Morgan fingerprint density at radius 2 is 2.00 bits per heavy atom. The lowest BCUT2D eigenvalue weighted by Gasteiger charge is -2.13. The summed E-state index contributed by atoms with van der Waals surface area (Å²) in [5.41, 5.74) is 8.06. The van der Waals surface area contributed by atoms with E-state index in [1.165, 1.54) is 17.8 Å². The number of pyridine rings is 1. The molecule has 140 valence electrons. The highest BCUT2D eigenvalue weighted by molar-refractivity contribution is 7.99. The second kappa shape index (κ2) is 8.32. The van der Waals surface area contributed by atoms with Gasteiger partial charge >= 0.3 is 0 Å². The molecule has 0 saturated carbocycles. The molecule has 2 N–H and O–H groups in total. The second-order valence-corrected chi connectivity index (χ2v) is 7.44. The predicted molar refractivity (Wildman–Crippen MR) is 105 cm³/mol. The third kappa shape index (κ3) is 4.35. The van der Waals surface area contributed by atoms with Gasteiger partial charge in [0.25, 0.3) is 5.69 Å². The van der Waals surface area contributed by atoms with Gasteiger partial charge in [0.05, 0.1) is 17.2 Å². The fourth-order valence-corrected chi connectivity index (χ4v) is 3.96. The van der Waals surface area contributed by atoms with Crippen molar-refractivity contribution < 1.29 is 4.92 Å². The van der Waals surface area contributed by atoms with Crippen LogP contribution in [0.2, 0.25) is 0 Å². The number of benzene rings is 1. The molecule has 0 fully saturated rings. The third-order valence-electron chi connectivity index (χ3n) is 4.09. The molecule has 8 heteroatoms. The Hall–Kier alpha value is -2.71. The maximum Gasteiger partial charge on any atom is 0.270 e. The van der Waals surface area contributed by atoms with Gasteiger partial charge in [0.15, 0.2) is 0 Å². The normalized spacial score (nSPS) is 11.1. The molecule has 0 unspecified atom stereocenters. The lowest BCUT2D eigenvalue weighted by atomic mass is 10.1. The Balaban J connectivity index is 2.05. The number of hydrogen-bond donors (Lipinski definition) is 1. The molecule has 0 saturated heterocycles. The van der Waals surface area contributed by atoms with E-state index < -0.39 is 0 Å². The van der Waals surface area contributed by atoms with E-state index in [0.29, 0.717) is 13.1 Å². The standard InChI is InChI=1S/C19H21N5O2S/c1-13(2)18-19(27-16-5-3-4-15(10-16)24(25)26)23(17(11-20)22-18)12-14-6-8-21-9-7-14/h3-10,13H,11-12,20H2,1-2H3. The minimum Gasteiger partial charge on any atom is -0.324 e. The minimum absolute atomic E-state index is 0.0744. The molecular formula is C19H21N5O2S. The number of non-ortho nitro benzene ring substituents is 1. The molecule has 27 heavy (non-hydrogen) atoms. The van der Waals surface area contributed by atoms with Crippen molar-refractivity contribution in [2.45, 2.75) is 42.8 Å². The van der Waals surface area contributed by atoms with Crippen molar-refractivity contribution in [3.63, 3.8) is 0 Å². The molecule has 3 aromatic rings. The number of nitrogens with zero attached hydrogens (tertiary/aromatic N) is 4. The topological polar surface area (TPSA) is 99.9 Å². The lowest BCUT2D eigenvalue weighted by Crippen LogP contribution is -2.10. The van der Waals surface area contributed by atoms with Crippen molar-refractivity contribution in [1.82, 2.24) is 14.5 Å². The van der Waals surface area contributed by atoms with E-state index in [1.807, 2.05) is 18.2 Å². The SMILES string of the molecule is CC(C)c1nc(CN)n(Cc2ccncc2)c1Sc1cccc([N+](=O)[O-])c1. The van der Waals surface area contributed by atoms with Crippen LogP contribution in [0.4, 0.5) is 5.69 Å². The van der Waals surface area contributed by atoms with E-state index in [4.69, 9.17) is 10.7 Å². The number of imidazole rings is 1. The number of hydrogen-bond acceptors (Lipinski definition) is 6. The predicted octanol–water partition coefficient (Wildman–Crippen LogP) is 3.97. The van der Waals surface area contributed by atoms with Crippen LogP contribution in [0, 0.1) is 10.1 Å². The van der Waals surface area contributed by atoms with Gasteiger partial charge in [0.1, 0.15) is 10.9 Å². The first-order valence-electron chi connectivity index (χ1n) is 8.60. The van der Waals surface area contributed by atoms with Crippen LogP contribution in [0.3, 0.4) is 0 Å². The van der Waals surface area contributed by atoms with E-state index in [-0.39, 0.29) is 16.5 Å². The zero-order valence-electron chi connectivity index (χ0n) is 15.2. The summed E-state index contributed by atoms with van der Waals surface area (Å²) in [6.45, 7) is 5.10. The quantitative estimate of drug-likeness (QED) is 0.489. The number of nitro benzene ring substituents is 1. The molecule has 0 aliphatic carbocycles. The molecule has 0 aliphatic heterocycles. The van der Waals surface area contributed by atoms with Crippen molar-refractivity contribution in [2.75, 3.05) is 0 Å². The largest absolute Gasteiger partial charge is 0.324 e. The Bertz CT molecular complexity index is 941. The first-order valence-corrected chi connectivity index (χ1v) is 9.41. The summed E-state index contributed by atoms with van der Waals surface area (Å²) < 4.78 is 2.09. The van der Waals surface area contributed by atoms with E-state index >= 15 is 0 Å². The van der Waals surface area contributed by atoms with Gasteiger partial charge < -0.3 is 10.3 Å². The van der Waals surface area contributed by atoms with Crippen LogP contribution in [-0.2, 0) is 13.1 Å². The van der Waals surface area contributed by atoms with Gasteiger partial charge in [-0.1, -0.05) is 31.7 Å². The molecule has 0 radical (unpaired) electrons. The van der Waals surface area contributed by atoms with Crippen LogP contribution < -0.4 is 5.73 Å². The van der Waals surface area contributed by atoms with E-state index in [2.05, 4.69) is 23.4 Å². The monoisotopic (exact) mass is 383 g/mol. The highest BCUT2D eigenvalue weighted by Crippen LogP contribution is 2.36. The summed E-state index contributed by atoms with van der Waals surface area (Å²) >= 11 is 1.48. The van der Waals surface area contributed by atoms with Gasteiger partial charge in [-0.2, -0.15) is 0 Å². The molecule has 0 atom stereocenters. The molecule has 0 aliphatic rings. The van der Waals surface area contributed by atoms with E-state index in [0.717, 1.165) is 27.0 Å².